The number of ketones is 1. The summed E-state index contributed by atoms with van der Waals surface area (Å²) in [6.45, 7) is 0.0806. The minimum Gasteiger partial charge on any atom is -0.497 e. The summed E-state index contributed by atoms with van der Waals surface area (Å²) in [5, 5.41) is 0. The van der Waals surface area contributed by atoms with E-state index in [2.05, 4.69) is 0 Å². The molecule has 5 nitrogen and oxygen atoms in total. The van der Waals surface area contributed by atoms with E-state index in [1.807, 2.05) is 0 Å². The molecule has 1 heterocycles. The van der Waals surface area contributed by atoms with Crippen molar-refractivity contribution in [3.63, 3.8) is 0 Å². The number of ether oxygens (including phenoxy) is 1. The number of nitrogens with zero attached hydrogens (tertiary/aromatic N) is 1. The normalized spacial score (nSPS) is 13.2. The molecule has 5 heteroatoms. The van der Waals surface area contributed by atoms with Gasteiger partial charge in [-0.05, 0) is 36.4 Å². The Labute approximate surface area is 133 Å². The summed E-state index contributed by atoms with van der Waals surface area (Å²) in [4.78, 5) is 37.8. The minimum absolute atomic E-state index is 0.0806. The van der Waals surface area contributed by atoms with Crippen LogP contribution in [0.15, 0.2) is 48.5 Å². The molecule has 0 aromatic heterocycles. The second-order valence-electron chi connectivity index (χ2n) is 5.21. The number of fused-ring (bicyclic) bond motifs is 1. The van der Waals surface area contributed by atoms with Crippen molar-refractivity contribution in [2.75, 3.05) is 13.7 Å². The number of hydrogen-bond donors (Lipinski definition) is 0. The lowest BCUT2D eigenvalue weighted by Crippen LogP contribution is -2.31. The van der Waals surface area contributed by atoms with Gasteiger partial charge in [0, 0.05) is 18.5 Å². The van der Waals surface area contributed by atoms with Crippen LogP contribution >= 0.6 is 0 Å². The number of benzene rings is 2. The van der Waals surface area contributed by atoms with Crippen molar-refractivity contribution in [3.05, 3.63) is 65.2 Å². The SMILES string of the molecule is COc1ccc(C(=O)CCN2C(=O)c3ccccc3C2=O)cc1. The van der Waals surface area contributed by atoms with Gasteiger partial charge in [0.15, 0.2) is 5.78 Å². The van der Waals surface area contributed by atoms with Crippen LogP contribution in [0.2, 0.25) is 0 Å². The summed E-state index contributed by atoms with van der Waals surface area (Å²) in [5.41, 5.74) is 1.33. The fraction of sp³-hybridized carbons (Fsp3) is 0.167. The summed E-state index contributed by atoms with van der Waals surface area (Å²) >= 11 is 0. The van der Waals surface area contributed by atoms with Gasteiger partial charge in [-0.2, -0.15) is 0 Å². The first-order valence-electron chi connectivity index (χ1n) is 7.24. The van der Waals surface area contributed by atoms with E-state index < -0.39 is 0 Å². The molecule has 1 aliphatic heterocycles. The number of amides is 2. The van der Waals surface area contributed by atoms with Gasteiger partial charge in [-0.3, -0.25) is 19.3 Å². The molecular formula is C18H15NO4. The second-order valence-corrected chi connectivity index (χ2v) is 5.21. The summed E-state index contributed by atoms with van der Waals surface area (Å²) < 4.78 is 5.05. The van der Waals surface area contributed by atoms with Crippen LogP contribution in [0.4, 0.5) is 0 Å². The Kier molecular flexibility index (Phi) is 3.93. The molecule has 0 saturated carbocycles. The van der Waals surface area contributed by atoms with E-state index in [1.165, 1.54) is 0 Å². The van der Waals surface area contributed by atoms with Crippen LogP contribution in [0, 0.1) is 0 Å². The lowest BCUT2D eigenvalue weighted by atomic mass is 10.1. The highest BCUT2D eigenvalue weighted by atomic mass is 16.5. The maximum Gasteiger partial charge on any atom is 0.261 e. The van der Waals surface area contributed by atoms with Crippen molar-refractivity contribution >= 4 is 17.6 Å². The summed E-state index contributed by atoms with van der Waals surface area (Å²) in [7, 11) is 1.55. The molecule has 0 saturated heterocycles. The topological polar surface area (TPSA) is 63.7 Å². The van der Waals surface area contributed by atoms with Crippen LogP contribution in [0.3, 0.4) is 0 Å². The van der Waals surface area contributed by atoms with E-state index in [0.29, 0.717) is 22.4 Å². The quantitative estimate of drug-likeness (QED) is 0.629. The third-order valence-corrected chi connectivity index (χ3v) is 3.85. The molecule has 0 unspecified atom stereocenters. The van der Waals surface area contributed by atoms with Crippen LogP contribution in [0.25, 0.3) is 0 Å². The van der Waals surface area contributed by atoms with Crippen LogP contribution in [0.1, 0.15) is 37.5 Å². The average Bonchev–Trinajstić information content (AvgIpc) is 2.84. The van der Waals surface area contributed by atoms with Crippen molar-refractivity contribution in [1.82, 2.24) is 4.90 Å². The third kappa shape index (κ3) is 2.73. The van der Waals surface area contributed by atoms with Gasteiger partial charge >= 0.3 is 0 Å². The van der Waals surface area contributed by atoms with Crippen LogP contribution < -0.4 is 4.74 Å². The predicted molar refractivity (Wildman–Crippen MR) is 83.8 cm³/mol. The first-order chi connectivity index (χ1) is 11.1. The fourth-order valence-corrected chi connectivity index (χ4v) is 2.58. The monoisotopic (exact) mass is 309 g/mol. The van der Waals surface area contributed by atoms with Crippen molar-refractivity contribution < 1.29 is 19.1 Å². The lowest BCUT2D eigenvalue weighted by Gasteiger charge is -2.13. The molecule has 0 N–H and O–H groups in total. The number of hydrogen-bond acceptors (Lipinski definition) is 4. The molecule has 3 rings (SSSR count). The van der Waals surface area contributed by atoms with Crippen molar-refractivity contribution in [3.8, 4) is 5.75 Å². The van der Waals surface area contributed by atoms with E-state index >= 15 is 0 Å². The van der Waals surface area contributed by atoms with Gasteiger partial charge in [-0.1, -0.05) is 12.1 Å². The van der Waals surface area contributed by atoms with E-state index in [0.717, 1.165) is 4.90 Å². The standard InChI is InChI=1S/C18H15NO4/c1-23-13-8-6-12(7-9-13)16(20)10-11-19-17(21)14-4-2-3-5-15(14)18(19)22/h2-9H,10-11H2,1H3. The van der Waals surface area contributed by atoms with Crippen LogP contribution in [-0.2, 0) is 0 Å². The van der Waals surface area contributed by atoms with E-state index in [9.17, 15) is 14.4 Å². The zero-order valence-electron chi connectivity index (χ0n) is 12.6. The van der Waals surface area contributed by atoms with E-state index in [-0.39, 0.29) is 30.6 Å². The first kappa shape index (κ1) is 15.0. The van der Waals surface area contributed by atoms with Gasteiger partial charge in [-0.15, -0.1) is 0 Å². The summed E-state index contributed by atoms with van der Waals surface area (Å²) in [5.74, 6) is -0.132. The molecule has 23 heavy (non-hydrogen) atoms. The molecule has 0 fully saturated rings. The highest BCUT2D eigenvalue weighted by Crippen LogP contribution is 2.23. The maximum absolute atomic E-state index is 12.2. The molecule has 0 radical (unpaired) electrons. The largest absolute Gasteiger partial charge is 0.497 e. The van der Waals surface area contributed by atoms with E-state index in [1.54, 1.807) is 55.6 Å². The summed E-state index contributed by atoms with van der Waals surface area (Å²) in [6, 6.07) is 13.4. The second kappa shape index (κ2) is 6.04. The molecule has 2 amide bonds. The van der Waals surface area contributed by atoms with Crippen LogP contribution in [0.5, 0.6) is 5.75 Å². The fourth-order valence-electron chi connectivity index (χ4n) is 2.58. The Morgan fingerprint density at radius 3 is 2.04 bits per heavy atom. The van der Waals surface area contributed by atoms with Gasteiger partial charge < -0.3 is 4.74 Å². The van der Waals surface area contributed by atoms with Crippen molar-refractivity contribution in [1.29, 1.82) is 0 Å². The Bertz CT molecular complexity index is 745. The van der Waals surface area contributed by atoms with Gasteiger partial charge in [0.2, 0.25) is 0 Å². The Balaban J connectivity index is 1.68. The number of imide groups is 1. The molecule has 0 atom stereocenters. The Morgan fingerprint density at radius 1 is 0.957 bits per heavy atom. The number of carbonyl (C=O) groups is 3. The molecule has 116 valence electrons. The third-order valence-electron chi connectivity index (χ3n) is 3.85. The highest BCUT2D eigenvalue weighted by Gasteiger charge is 2.34. The Morgan fingerprint density at radius 2 is 1.52 bits per heavy atom. The maximum atomic E-state index is 12.2. The zero-order valence-corrected chi connectivity index (χ0v) is 12.6. The van der Waals surface area contributed by atoms with Gasteiger partial charge in [0.05, 0.1) is 18.2 Å². The van der Waals surface area contributed by atoms with Crippen LogP contribution in [-0.4, -0.2) is 36.2 Å². The van der Waals surface area contributed by atoms with Gasteiger partial charge in [-0.25, -0.2) is 0 Å². The number of methoxy groups -OCH3 is 1. The van der Waals surface area contributed by atoms with Crippen molar-refractivity contribution in [2.45, 2.75) is 6.42 Å². The molecule has 0 aliphatic carbocycles. The number of rotatable bonds is 5. The zero-order chi connectivity index (χ0) is 16.4. The smallest absolute Gasteiger partial charge is 0.261 e. The van der Waals surface area contributed by atoms with Gasteiger partial charge in [0.1, 0.15) is 5.75 Å². The average molecular weight is 309 g/mol. The molecular weight excluding hydrogens is 294 g/mol. The highest BCUT2D eigenvalue weighted by molar-refractivity contribution is 6.21. The molecule has 2 aromatic rings. The first-order valence-corrected chi connectivity index (χ1v) is 7.24. The lowest BCUT2D eigenvalue weighted by molar-refractivity contribution is 0.0649. The summed E-state index contributed by atoms with van der Waals surface area (Å²) in [6.07, 6.45) is 0.0950. The molecule has 0 spiro atoms. The molecule has 0 bridgehead atoms. The molecule has 1 aliphatic rings. The van der Waals surface area contributed by atoms with E-state index in [4.69, 9.17) is 4.74 Å². The Hall–Kier alpha value is -2.95. The van der Waals surface area contributed by atoms with Gasteiger partial charge in [0.25, 0.3) is 11.8 Å². The van der Waals surface area contributed by atoms with Crippen molar-refractivity contribution in [2.24, 2.45) is 0 Å². The predicted octanol–water partition coefficient (Wildman–Crippen LogP) is 2.56. The number of carbonyl (C=O) groups excluding carboxylic acids is 3. The number of Topliss-reactive ketones (excluding diaryl/α,β-unsaturated/α-hetero) is 1. The molecule has 2 aromatic carbocycles. The minimum atomic E-state index is -0.340.